The molecule has 0 aliphatic carbocycles. The molecular formula is C27H18AlN3O3. The summed E-state index contributed by atoms with van der Waals surface area (Å²) in [5.74, 6) is 1.64. The molecule has 0 saturated heterocycles. The van der Waals surface area contributed by atoms with Crippen molar-refractivity contribution < 1.29 is 11.4 Å². The van der Waals surface area contributed by atoms with E-state index in [2.05, 4.69) is 15.0 Å². The lowest BCUT2D eigenvalue weighted by Gasteiger charge is -2.17. The van der Waals surface area contributed by atoms with Gasteiger partial charge in [-0.2, -0.15) is 0 Å². The number of pyridine rings is 3. The maximum absolute atomic E-state index is 6.36. The number of hydrogen-bond donors (Lipinski definition) is 0. The third-order valence-electron chi connectivity index (χ3n) is 5.46. The van der Waals surface area contributed by atoms with Crippen molar-refractivity contribution in [3.8, 4) is 17.4 Å². The Labute approximate surface area is 200 Å². The van der Waals surface area contributed by atoms with E-state index in [1.807, 2.05) is 91.0 Å². The van der Waals surface area contributed by atoms with Crippen molar-refractivity contribution in [3.63, 3.8) is 0 Å². The molecule has 34 heavy (non-hydrogen) atoms. The molecule has 6 aromatic rings. The van der Waals surface area contributed by atoms with Crippen LogP contribution in [0, 0.1) is 0 Å². The molecule has 6 rings (SSSR count). The fourth-order valence-electron chi connectivity index (χ4n) is 3.85. The first-order valence-corrected chi connectivity index (χ1v) is 12.3. The molecule has 7 heteroatoms. The van der Waals surface area contributed by atoms with Crippen LogP contribution in [0.5, 0.6) is 17.4 Å². The molecule has 3 heterocycles. The molecule has 0 aliphatic rings. The summed E-state index contributed by atoms with van der Waals surface area (Å²) in [5, 5.41) is 4.01. The van der Waals surface area contributed by atoms with E-state index in [0.717, 1.165) is 32.6 Å². The summed E-state index contributed by atoms with van der Waals surface area (Å²) in [6, 6.07) is 29.3. The lowest BCUT2D eigenvalue weighted by Crippen LogP contribution is -2.37. The Kier molecular flexibility index (Phi) is 5.40. The van der Waals surface area contributed by atoms with Gasteiger partial charge >= 0.3 is 15.1 Å². The molecule has 0 unspecified atom stereocenters. The zero-order valence-corrected chi connectivity index (χ0v) is 19.2. The van der Waals surface area contributed by atoms with Gasteiger partial charge in [0.1, 0.15) is 22.5 Å². The Morgan fingerprint density at radius 1 is 0.500 bits per heavy atom. The van der Waals surface area contributed by atoms with E-state index in [1.54, 1.807) is 18.6 Å². The van der Waals surface area contributed by atoms with Crippen LogP contribution in [0.15, 0.2) is 110 Å². The number of fused-ring (bicyclic) bond motifs is 3. The SMILES string of the molecule is c1ccc2cc([O][Al]([O]c3cccc4cccnc34)[O]c3cccc4cccnc34)ncc2c1. The maximum Gasteiger partial charge on any atom is 1.20 e. The Morgan fingerprint density at radius 3 is 1.71 bits per heavy atom. The second-order valence-corrected chi connectivity index (χ2v) is 8.96. The molecule has 0 saturated carbocycles. The van der Waals surface area contributed by atoms with Crippen molar-refractivity contribution in [2.75, 3.05) is 0 Å². The molecule has 0 aliphatic heterocycles. The number of rotatable bonds is 6. The molecule has 0 spiro atoms. The number of aromatic nitrogens is 3. The van der Waals surface area contributed by atoms with E-state index in [0.29, 0.717) is 17.4 Å². The summed E-state index contributed by atoms with van der Waals surface area (Å²) in [6.07, 6.45) is 5.27. The van der Waals surface area contributed by atoms with Crippen LogP contribution in [0.3, 0.4) is 0 Å². The average Bonchev–Trinajstić information content (AvgIpc) is 2.89. The van der Waals surface area contributed by atoms with E-state index in [9.17, 15) is 0 Å². The third-order valence-corrected chi connectivity index (χ3v) is 6.79. The molecule has 0 radical (unpaired) electrons. The lowest BCUT2D eigenvalue weighted by atomic mass is 10.2. The summed E-state index contributed by atoms with van der Waals surface area (Å²) in [6.45, 7) is 0. The quantitative estimate of drug-likeness (QED) is 0.291. The molecule has 3 aromatic carbocycles. The summed E-state index contributed by atoms with van der Waals surface area (Å²) in [5.41, 5.74) is 1.49. The first-order chi connectivity index (χ1) is 16.8. The Balaban J connectivity index is 1.39. The van der Waals surface area contributed by atoms with Crippen LogP contribution in [0.25, 0.3) is 32.6 Å². The van der Waals surface area contributed by atoms with Crippen molar-refractivity contribution >= 4 is 47.7 Å². The number of para-hydroxylation sites is 2. The number of benzene rings is 3. The van der Waals surface area contributed by atoms with Crippen LogP contribution >= 0.6 is 0 Å². The van der Waals surface area contributed by atoms with Crippen molar-refractivity contribution in [1.82, 2.24) is 15.0 Å². The van der Waals surface area contributed by atoms with Gasteiger partial charge in [0, 0.05) is 40.8 Å². The van der Waals surface area contributed by atoms with Crippen molar-refractivity contribution in [2.24, 2.45) is 0 Å². The molecule has 0 atom stereocenters. The van der Waals surface area contributed by atoms with Crippen LogP contribution in [-0.2, 0) is 0 Å². The van der Waals surface area contributed by atoms with Crippen molar-refractivity contribution in [3.05, 3.63) is 110 Å². The average molecular weight is 459 g/mol. The monoisotopic (exact) mass is 459 g/mol. The lowest BCUT2D eigenvalue weighted by molar-refractivity contribution is 0.305. The highest BCUT2D eigenvalue weighted by Gasteiger charge is 2.45. The van der Waals surface area contributed by atoms with Crippen LogP contribution in [-0.4, -0.2) is 30.1 Å². The van der Waals surface area contributed by atoms with Gasteiger partial charge in [0.2, 0.25) is 0 Å². The minimum atomic E-state index is -2.85. The smallest absolute Gasteiger partial charge is 0.576 e. The van der Waals surface area contributed by atoms with Crippen LogP contribution in [0.2, 0.25) is 0 Å². The van der Waals surface area contributed by atoms with Crippen molar-refractivity contribution in [2.45, 2.75) is 0 Å². The number of nitrogens with zero attached hydrogens (tertiary/aromatic N) is 3. The second kappa shape index (κ2) is 8.99. The molecule has 0 bridgehead atoms. The van der Waals surface area contributed by atoms with Gasteiger partial charge in [-0.1, -0.05) is 60.7 Å². The highest BCUT2D eigenvalue weighted by atomic mass is 27.3. The molecule has 0 N–H and O–H groups in total. The van der Waals surface area contributed by atoms with Gasteiger partial charge in [0.25, 0.3) is 0 Å². The molecular weight excluding hydrogens is 441 g/mol. The van der Waals surface area contributed by atoms with E-state index < -0.39 is 15.1 Å². The Bertz CT molecular complexity index is 1530. The summed E-state index contributed by atoms with van der Waals surface area (Å²) in [4.78, 5) is 13.5. The Morgan fingerprint density at radius 2 is 1.06 bits per heavy atom. The molecule has 0 fully saturated rings. The fourth-order valence-corrected chi connectivity index (χ4v) is 5.11. The van der Waals surface area contributed by atoms with Gasteiger partial charge in [-0.25, -0.2) is 4.98 Å². The maximum atomic E-state index is 6.36. The van der Waals surface area contributed by atoms with Gasteiger partial charge in [-0.05, 0) is 29.7 Å². The molecule has 6 nitrogen and oxygen atoms in total. The van der Waals surface area contributed by atoms with E-state index in [-0.39, 0.29) is 0 Å². The highest BCUT2D eigenvalue weighted by Crippen LogP contribution is 2.28. The minimum Gasteiger partial charge on any atom is -0.576 e. The first-order valence-electron chi connectivity index (χ1n) is 10.9. The van der Waals surface area contributed by atoms with Crippen LogP contribution in [0.4, 0.5) is 0 Å². The fraction of sp³-hybridized carbons (Fsp3) is 0. The molecule has 162 valence electrons. The number of hydrogen-bond acceptors (Lipinski definition) is 6. The summed E-state index contributed by atoms with van der Waals surface area (Å²) in [7, 11) is 0. The van der Waals surface area contributed by atoms with Crippen molar-refractivity contribution in [1.29, 1.82) is 0 Å². The van der Waals surface area contributed by atoms with Gasteiger partial charge in [0.05, 0.1) is 0 Å². The standard InChI is InChI=1S/3C9H7NO.Al/c2*11-8-5-1-3-7-4-2-6-10-9(7)8;11-9-5-7-3-1-2-4-8(7)6-10-9;/h2*1-6,11H;1-6H,(H,10,11);/q;;;+3/p-3. The largest absolute Gasteiger partial charge is 1.20 e. The molecule has 0 amide bonds. The van der Waals surface area contributed by atoms with Gasteiger partial charge in [0.15, 0.2) is 5.88 Å². The zero-order chi connectivity index (χ0) is 22.7. The van der Waals surface area contributed by atoms with Gasteiger partial charge in [-0.15, -0.1) is 0 Å². The zero-order valence-electron chi connectivity index (χ0n) is 18.0. The third kappa shape index (κ3) is 4.11. The summed E-state index contributed by atoms with van der Waals surface area (Å²) < 4.78 is 19.0. The summed E-state index contributed by atoms with van der Waals surface area (Å²) >= 11 is -2.85. The topological polar surface area (TPSA) is 66.4 Å². The predicted octanol–water partition coefficient (Wildman–Crippen LogP) is 5.85. The minimum absolute atomic E-state index is 0.441. The van der Waals surface area contributed by atoms with Crippen LogP contribution < -0.4 is 11.4 Å². The van der Waals surface area contributed by atoms with Gasteiger partial charge < -0.3 is 11.4 Å². The van der Waals surface area contributed by atoms with E-state index in [1.165, 1.54) is 0 Å². The molecule has 3 aromatic heterocycles. The van der Waals surface area contributed by atoms with E-state index >= 15 is 0 Å². The van der Waals surface area contributed by atoms with Gasteiger partial charge in [-0.3, -0.25) is 9.97 Å². The second-order valence-electron chi connectivity index (χ2n) is 7.67. The predicted molar refractivity (Wildman–Crippen MR) is 133 cm³/mol. The highest BCUT2D eigenvalue weighted by molar-refractivity contribution is 6.40. The van der Waals surface area contributed by atoms with E-state index in [4.69, 9.17) is 11.4 Å². The van der Waals surface area contributed by atoms with Crippen LogP contribution in [0.1, 0.15) is 0 Å². The Hall–Kier alpha value is -4.18. The first kappa shape index (κ1) is 20.4. The normalized spacial score (nSPS) is 10.9.